The lowest BCUT2D eigenvalue weighted by atomic mass is 10.2. The Morgan fingerprint density at radius 1 is 0.970 bits per heavy atom. The van der Waals surface area contributed by atoms with E-state index >= 15 is 0 Å². The summed E-state index contributed by atoms with van der Waals surface area (Å²) in [6.07, 6.45) is 0.140. The fourth-order valence-corrected chi connectivity index (χ4v) is 3.27. The van der Waals surface area contributed by atoms with Crippen molar-refractivity contribution in [3.63, 3.8) is 0 Å². The van der Waals surface area contributed by atoms with Crippen LogP contribution in [0.15, 0.2) is 46.9 Å². The molecule has 2 aromatic rings. The minimum atomic E-state index is -0.666. The van der Waals surface area contributed by atoms with E-state index in [1.165, 1.54) is 0 Å². The van der Waals surface area contributed by atoms with Gasteiger partial charge in [0.05, 0.1) is 11.6 Å². The van der Waals surface area contributed by atoms with Crippen LogP contribution in [-0.4, -0.2) is 36.7 Å². The molecule has 2 aromatic carbocycles. The maximum atomic E-state index is 12.1. The van der Waals surface area contributed by atoms with Crippen LogP contribution in [0.1, 0.15) is 33.6 Å². The Bertz CT molecular complexity index is 977. The van der Waals surface area contributed by atoms with Crippen LogP contribution in [0.25, 0.3) is 0 Å². The summed E-state index contributed by atoms with van der Waals surface area (Å²) in [4.78, 5) is 35.7. The second kappa shape index (κ2) is 12.5. The number of amides is 3. The Kier molecular flexibility index (Phi) is 9.99. The largest absolute Gasteiger partial charge is 0.492 e. The molecule has 8 nitrogen and oxygen atoms in total. The highest BCUT2D eigenvalue weighted by atomic mass is 79.9. The first kappa shape index (κ1) is 26.5. The van der Waals surface area contributed by atoms with Crippen LogP contribution in [-0.2, 0) is 14.3 Å². The third-order valence-electron chi connectivity index (χ3n) is 3.94. The Morgan fingerprint density at radius 3 is 2.15 bits per heavy atom. The summed E-state index contributed by atoms with van der Waals surface area (Å²) in [5, 5.41) is 8.33. The molecule has 0 saturated heterocycles. The van der Waals surface area contributed by atoms with Crippen LogP contribution < -0.4 is 20.7 Å². The molecule has 178 valence electrons. The second-order valence-corrected chi connectivity index (χ2v) is 9.38. The molecule has 3 amide bonds. The van der Waals surface area contributed by atoms with Gasteiger partial charge in [-0.25, -0.2) is 4.79 Å². The van der Waals surface area contributed by atoms with Gasteiger partial charge in [-0.05, 0) is 69.7 Å². The molecule has 0 aromatic heterocycles. The highest BCUT2D eigenvalue weighted by Crippen LogP contribution is 2.27. The molecule has 0 unspecified atom stereocenters. The molecule has 0 aliphatic rings. The number of nitrogens with one attached hydrogen (secondary N) is 3. The quantitative estimate of drug-likeness (QED) is 0.371. The number of halogens is 2. The molecule has 3 N–H and O–H groups in total. The Hall–Kier alpha value is -2.78. The van der Waals surface area contributed by atoms with Crippen LogP contribution in [0.2, 0.25) is 5.02 Å². The van der Waals surface area contributed by atoms with E-state index in [9.17, 15) is 14.4 Å². The minimum Gasteiger partial charge on any atom is -0.492 e. The zero-order valence-electron chi connectivity index (χ0n) is 18.7. The molecule has 10 heteroatoms. The first-order valence-corrected chi connectivity index (χ1v) is 11.4. The van der Waals surface area contributed by atoms with Crippen molar-refractivity contribution < 1.29 is 23.9 Å². The van der Waals surface area contributed by atoms with Crippen molar-refractivity contribution in [1.29, 1.82) is 0 Å². The van der Waals surface area contributed by atoms with Crippen molar-refractivity contribution in [2.45, 2.75) is 39.2 Å². The molecule has 0 saturated carbocycles. The number of carbonyl (C=O) groups excluding carboxylic acids is 3. The molecule has 0 fully saturated rings. The third kappa shape index (κ3) is 10.6. The maximum Gasteiger partial charge on any atom is 0.408 e. The smallest absolute Gasteiger partial charge is 0.408 e. The fourth-order valence-electron chi connectivity index (χ4n) is 2.54. The van der Waals surface area contributed by atoms with Crippen molar-refractivity contribution in [2.75, 3.05) is 23.8 Å². The molecule has 0 aliphatic carbocycles. The van der Waals surface area contributed by atoms with Gasteiger partial charge < -0.3 is 25.4 Å². The van der Waals surface area contributed by atoms with Gasteiger partial charge in [-0.2, -0.15) is 0 Å². The fraction of sp³-hybridized carbons (Fsp3) is 0.348. The topological polar surface area (TPSA) is 106 Å². The van der Waals surface area contributed by atoms with E-state index in [4.69, 9.17) is 21.1 Å². The highest BCUT2D eigenvalue weighted by Gasteiger charge is 2.16. The number of rotatable bonds is 9. The number of hydrogen-bond acceptors (Lipinski definition) is 5. The normalized spacial score (nSPS) is 10.8. The molecule has 33 heavy (non-hydrogen) atoms. The number of anilines is 2. The zero-order chi connectivity index (χ0) is 24.4. The molecular weight excluding hydrogens is 514 g/mol. The molecule has 0 radical (unpaired) electrons. The molecular formula is C23H27BrClN3O5. The first-order chi connectivity index (χ1) is 15.5. The van der Waals surface area contributed by atoms with E-state index in [1.807, 2.05) is 6.07 Å². The van der Waals surface area contributed by atoms with Gasteiger partial charge in [-0.3, -0.25) is 9.59 Å². The van der Waals surface area contributed by atoms with Crippen LogP contribution in [0.4, 0.5) is 16.2 Å². The maximum absolute atomic E-state index is 12.1. The molecule has 0 bridgehead atoms. The summed E-state index contributed by atoms with van der Waals surface area (Å²) in [7, 11) is 0. The Labute approximate surface area is 206 Å². The van der Waals surface area contributed by atoms with Crippen LogP contribution in [0.3, 0.4) is 0 Å². The van der Waals surface area contributed by atoms with Crippen molar-refractivity contribution in [1.82, 2.24) is 5.32 Å². The van der Waals surface area contributed by atoms with Crippen molar-refractivity contribution in [2.24, 2.45) is 0 Å². The number of hydrogen-bond donors (Lipinski definition) is 3. The standard InChI is InChI=1S/C23H27BrClN3O5/c1-23(2,3)33-22(31)26-14-21(30)28-17-9-7-16(8-10-17)27-20(29)5-4-12-32-19-11-6-15(24)13-18(19)25/h6-11,13H,4-5,12,14H2,1-3H3,(H,26,31)(H,27,29)(H,28,30). The lowest BCUT2D eigenvalue weighted by Gasteiger charge is -2.19. The Morgan fingerprint density at radius 2 is 1.58 bits per heavy atom. The van der Waals surface area contributed by atoms with Gasteiger partial charge in [0.1, 0.15) is 17.9 Å². The SMILES string of the molecule is CC(C)(C)OC(=O)NCC(=O)Nc1ccc(NC(=O)CCCOc2ccc(Br)cc2Cl)cc1. The highest BCUT2D eigenvalue weighted by molar-refractivity contribution is 9.10. The lowest BCUT2D eigenvalue weighted by Crippen LogP contribution is -2.37. The molecule has 2 rings (SSSR count). The Balaban J connectivity index is 1.68. The van der Waals surface area contributed by atoms with Crippen LogP contribution in [0, 0.1) is 0 Å². The predicted octanol–water partition coefficient (Wildman–Crippen LogP) is 5.36. The summed E-state index contributed by atoms with van der Waals surface area (Å²) >= 11 is 9.42. The van der Waals surface area contributed by atoms with Gasteiger partial charge in [0.15, 0.2) is 0 Å². The minimum absolute atomic E-state index is 0.154. The first-order valence-electron chi connectivity index (χ1n) is 10.3. The van der Waals surface area contributed by atoms with Gasteiger partial charge in [0, 0.05) is 22.3 Å². The van der Waals surface area contributed by atoms with Crippen molar-refractivity contribution in [3.8, 4) is 5.75 Å². The lowest BCUT2D eigenvalue weighted by molar-refractivity contribution is -0.116. The number of benzene rings is 2. The monoisotopic (exact) mass is 539 g/mol. The van der Waals surface area contributed by atoms with Crippen molar-refractivity contribution in [3.05, 3.63) is 52.0 Å². The van der Waals surface area contributed by atoms with Crippen molar-refractivity contribution >= 4 is 56.8 Å². The van der Waals surface area contributed by atoms with Gasteiger partial charge in [0.25, 0.3) is 0 Å². The predicted molar refractivity (Wildman–Crippen MR) is 132 cm³/mol. The number of alkyl carbamates (subject to hydrolysis) is 1. The summed E-state index contributed by atoms with van der Waals surface area (Å²) in [5.41, 5.74) is 0.492. The molecule has 0 spiro atoms. The molecule has 0 atom stereocenters. The second-order valence-electron chi connectivity index (χ2n) is 8.06. The van der Waals surface area contributed by atoms with E-state index in [2.05, 4.69) is 31.9 Å². The summed E-state index contributed by atoms with van der Waals surface area (Å²) < 4.78 is 11.5. The summed E-state index contributed by atoms with van der Waals surface area (Å²) in [5.74, 6) is 0.0153. The third-order valence-corrected chi connectivity index (χ3v) is 4.73. The molecule has 0 aliphatic heterocycles. The number of ether oxygens (including phenoxy) is 2. The van der Waals surface area contributed by atoms with E-state index in [0.29, 0.717) is 35.2 Å². The summed E-state index contributed by atoms with van der Waals surface area (Å²) in [6.45, 7) is 5.35. The van der Waals surface area contributed by atoms with E-state index < -0.39 is 17.6 Å². The summed E-state index contributed by atoms with van der Waals surface area (Å²) in [6, 6.07) is 12.0. The van der Waals surface area contributed by atoms with E-state index in [-0.39, 0.29) is 18.9 Å². The van der Waals surface area contributed by atoms with Gasteiger partial charge >= 0.3 is 6.09 Å². The average molecular weight is 541 g/mol. The van der Waals surface area contributed by atoms with Gasteiger partial charge in [-0.15, -0.1) is 0 Å². The van der Waals surface area contributed by atoms with E-state index in [0.717, 1.165) is 4.47 Å². The van der Waals surface area contributed by atoms with Gasteiger partial charge in [0.2, 0.25) is 11.8 Å². The van der Waals surface area contributed by atoms with E-state index in [1.54, 1.807) is 57.2 Å². The van der Waals surface area contributed by atoms with Gasteiger partial charge in [-0.1, -0.05) is 27.5 Å². The van der Waals surface area contributed by atoms with Crippen LogP contribution in [0.5, 0.6) is 5.75 Å². The van der Waals surface area contributed by atoms with Crippen LogP contribution >= 0.6 is 27.5 Å². The number of carbonyl (C=O) groups is 3. The average Bonchev–Trinajstić information content (AvgIpc) is 2.71. The molecule has 0 heterocycles. The zero-order valence-corrected chi connectivity index (χ0v) is 21.0.